The fourth-order valence-electron chi connectivity index (χ4n) is 2.78. The first-order valence-electron chi connectivity index (χ1n) is 7.65. The van der Waals surface area contributed by atoms with Crippen LogP contribution in [0.3, 0.4) is 0 Å². The van der Waals surface area contributed by atoms with Crippen molar-refractivity contribution in [1.29, 1.82) is 0 Å². The lowest BCUT2D eigenvalue weighted by atomic mass is 10.1. The number of piperidine rings is 1. The van der Waals surface area contributed by atoms with E-state index in [1.807, 2.05) is 0 Å². The predicted molar refractivity (Wildman–Crippen MR) is 78.9 cm³/mol. The first-order chi connectivity index (χ1) is 10.5. The second-order valence-electron chi connectivity index (χ2n) is 6.10. The van der Waals surface area contributed by atoms with E-state index < -0.39 is 26.6 Å². The molecule has 2 fully saturated rings. The molecule has 2 aliphatic rings. The van der Waals surface area contributed by atoms with Gasteiger partial charge in [-0.3, -0.25) is 0 Å². The molecule has 1 saturated heterocycles. The summed E-state index contributed by atoms with van der Waals surface area (Å²) in [6, 6.07) is 2.90. The third-order valence-electron chi connectivity index (χ3n) is 4.36. The van der Waals surface area contributed by atoms with E-state index >= 15 is 0 Å². The number of benzene rings is 1. The molecule has 0 radical (unpaired) electrons. The summed E-state index contributed by atoms with van der Waals surface area (Å²) < 4.78 is 52.8. The fraction of sp³-hybridized carbons (Fsp3) is 0.600. The largest absolute Gasteiger partial charge is 0.314 e. The lowest BCUT2D eigenvalue weighted by molar-refractivity contribution is 0.287. The van der Waals surface area contributed by atoms with Gasteiger partial charge in [-0.25, -0.2) is 17.2 Å². The van der Waals surface area contributed by atoms with Crippen LogP contribution in [0.15, 0.2) is 23.1 Å². The Morgan fingerprint density at radius 2 is 1.82 bits per heavy atom. The minimum Gasteiger partial charge on any atom is -0.314 e. The van der Waals surface area contributed by atoms with Gasteiger partial charge in [0.25, 0.3) is 0 Å². The zero-order valence-electron chi connectivity index (χ0n) is 12.3. The second-order valence-corrected chi connectivity index (χ2v) is 8.01. The average Bonchev–Trinajstić information content (AvgIpc) is 3.29. The van der Waals surface area contributed by atoms with Crippen molar-refractivity contribution in [3.8, 4) is 0 Å². The normalized spacial score (nSPS) is 21.2. The maximum atomic E-state index is 13.7. The summed E-state index contributed by atoms with van der Waals surface area (Å²) in [6.45, 7) is 1.73. The Labute approximate surface area is 129 Å². The maximum Gasteiger partial charge on any atom is 0.245 e. The molecule has 1 N–H and O–H groups in total. The Hall–Kier alpha value is -1.05. The van der Waals surface area contributed by atoms with Gasteiger partial charge in [0.05, 0.1) is 0 Å². The molecule has 122 valence electrons. The second kappa shape index (κ2) is 6.22. The lowest BCUT2D eigenvalue weighted by Gasteiger charge is -2.31. The molecule has 22 heavy (non-hydrogen) atoms. The van der Waals surface area contributed by atoms with Gasteiger partial charge >= 0.3 is 0 Å². The molecule has 1 aliphatic heterocycles. The van der Waals surface area contributed by atoms with Crippen molar-refractivity contribution >= 4 is 10.0 Å². The van der Waals surface area contributed by atoms with Crippen LogP contribution in [0.25, 0.3) is 0 Å². The number of nitrogens with zero attached hydrogens (tertiary/aromatic N) is 1. The van der Waals surface area contributed by atoms with Crippen LogP contribution in [-0.4, -0.2) is 38.4 Å². The van der Waals surface area contributed by atoms with Crippen molar-refractivity contribution in [2.45, 2.75) is 36.6 Å². The monoisotopic (exact) mass is 330 g/mol. The number of hydrogen-bond donors (Lipinski definition) is 1. The van der Waals surface area contributed by atoms with E-state index in [9.17, 15) is 17.2 Å². The molecule has 4 nitrogen and oxygen atoms in total. The van der Waals surface area contributed by atoms with Crippen LogP contribution < -0.4 is 5.32 Å². The summed E-state index contributed by atoms with van der Waals surface area (Å²) in [4.78, 5) is -0.446. The van der Waals surface area contributed by atoms with E-state index in [1.165, 1.54) is 17.1 Å². The molecule has 0 atom stereocenters. The summed E-state index contributed by atoms with van der Waals surface area (Å²) in [5, 5.41) is 3.47. The summed E-state index contributed by atoms with van der Waals surface area (Å²) in [7, 11) is -3.89. The highest BCUT2D eigenvalue weighted by Gasteiger charge is 2.32. The molecule has 0 unspecified atom stereocenters. The van der Waals surface area contributed by atoms with Gasteiger partial charge in [0.1, 0.15) is 16.5 Å². The molecule has 0 bridgehead atoms. The van der Waals surface area contributed by atoms with Crippen LogP contribution in [0.2, 0.25) is 0 Å². The van der Waals surface area contributed by atoms with Gasteiger partial charge < -0.3 is 5.32 Å². The minimum absolute atomic E-state index is 0.324. The topological polar surface area (TPSA) is 49.4 Å². The van der Waals surface area contributed by atoms with Crippen molar-refractivity contribution in [3.63, 3.8) is 0 Å². The van der Waals surface area contributed by atoms with Crippen molar-refractivity contribution in [1.82, 2.24) is 9.62 Å². The Morgan fingerprint density at radius 3 is 2.41 bits per heavy atom. The third kappa shape index (κ3) is 3.47. The molecule has 1 aromatic carbocycles. The van der Waals surface area contributed by atoms with E-state index in [0.29, 0.717) is 25.2 Å². The number of hydrogen-bond acceptors (Lipinski definition) is 3. The smallest absolute Gasteiger partial charge is 0.245 e. The lowest BCUT2D eigenvalue weighted by Crippen LogP contribution is -2.45. The van der Waals surface area contributed by atoms with Crippen LogP contribution in [0, 0.1) is 17.6 Å². The first-order valence-corrected chi connectivity index (χ1v) is 9.09. The molecule has 1 aliphatic carbocycles. The number of rotatable bonds is 5. The van der Waals surface area contributed by atoms with Crippen molar-refractivity contribution in [2.75, 3.05) is 19.6 Å². The molecule has 3 rings (SSSR count). The molecule has 0 spiro atoms. The van der Waals surface area contributed by atoms with Crippen molar-refractivity contribution in [3.05, 3.63) is 29.8 Å². The van der Waals surface area contributed by atoms with Gasteiger partial charge in [-0.05, 0) is 50.3 Å². The first kappa shape index (κ1) is 15.8. The van der Waals surface area contributed by atoms with E-state index in [1.54, 1.807) is 0 Å². The molecule has 7 heteroatoms. The van der Waals surface area contributed by atoms with E-state index in [2.05, 4.69) is 5.32 Å². The molecule has 1 saturated carbocycles. The zero-order chi connectivity index (χ0) is 15.7. The Balaban J connectivity index is 1.63. The molecular weight excluding hydrogens is 310 g/mol. The van der Waals surface area contributed by atoms with Gasteiger partial charge in [-0.1, -0.05) is 0 Å². The van der Waals surface area contributed by atoms with E-state index in [4.69, 9.17) is 0 Å². The third-order valence-corrected chi connectivity index (χ3v) is 6.29. The summed E-state index contributed by atoms with van der Waals surface area (Å²) in [5.41, 5.74) is 0. The van der Waals surface area contributed by atoms with Crippen molar-refractivity contribution < 1.29 is 17.2 Å². The average molecular weight is 330 g/mol. The molecule has 1 heterocycles. The molecule has 0 amide bonds. The Kier molecular flexibility index (Phi) is 4.47. The molecule has 0 aromatic heterocycles. The van der Waals surface area contributed by atoms with Crippen LogP contribution in [-0.2, 0) is 10.0 Å². The maximum absolute atomic E-state index is 13.7. The summed E-state index contributed by atoms with van der Waals surface area (Å²) in [6.07, 6.45) is 4.00. The SMILES string of the molecule is O=S(=O)(c1ccc(F)cc1F)N1CCC(NCC2CC2)CC1. The number of halogens is 2. The Bertz CT molecular complexity index is 639. The Morgan fingerprint density at radius 1 is 1.14 bits per heavy atom. The summed E-state index contributed by atoms with van der Waals surface area (Å²) >= 11 is 0. The zero-order valence-corrected chi connectivity index (χ0v) is 13.1. The number of sulfonamides is 1. The van der Waals surface area contributed by atoms with Gasteiger partial charge in [0, 0.05) is 25.2 Å². The standard InChI is InChI=1S/C15H20F2N2O2S/c16-12-3-4-15(14(17)9-12)22(20,21)19-7-5-13(6-8-19)18-10-11-1-2-11/h3-4,9,11,13,18H,1-2,5-8,10H2. The molecular formula is C15H20F2N2O2S. The number of nitrogens with one attached hydrogen (secondary N) is 1. The fourth-order valence-corrected chi connectivity index (χ4v) is 4.29. The van der Waals surface area contributed by atoms with Crippen LogP contribution in [0.5, 0.6) is 0 Å². The van der Waals surface area contributed by atoms with E-state index in [0.717, 1.165) is 37.4 Å². The highest BCUT2D eigenvalue weighted by Crippen LogP contribution is 2.28. The van der Waals surface area contributed by atoms with Gasteiger partial charge in [-0.2, -0.15) is 4.31 Å². The highest BCUT2D eigenvalue weighted by molar-refractivity contribution is 7.89. The predicted octanol–water partition coefficient (Wildman–Crippen LogP) is 2.12. The van der Waals surface area contributed by atoms with E-state index in [-0.39, 0.29) is 0 Å². The van der Waals surface area contributed by atoms with Gasteiger partial charge in [0.15, 0.2) is 0 Å². The van der Waals surface area contributed by atoms with Crippen LogP contribution in [0.1, 0.15) is 25.7 Å². The van der Waals surface area contributed by atoms with Crippen LogP contribution in [0.4, 0.5) is 8.78 Å². The van der Waals surface area contributed by atoms with Crippen molar-refractivity contribution in [2.24, 2.45) is 5.92 Å². The minimum atomic E-state index is -3.89. The van der Waals surface area contributed by atoms with Crippen LogP contribution >= 0.6 is 0 Å². The molecule has 1 aromatic rings. The van der Waals surface area contributed by atoms with Gasteiger partial charge in [0.2, 0.25) is 10.0 Å². The summed E-state index contributed by atoms with van der Waals surface area (Å²) in [5.74, 6) is -1.02. The quantitative estimate of drug-likeness (QED) is 0.900. The van der Waals surface area contributed by atoms with Gasteiger partial charge in [-0.15, -0.1) is 0 Å². The highest BCUT2D eigenvalue weighted by atomic mass is 32.2.